The van der Waals surface area contributed by atoms with Crippen LogP contribution in [0.4, 0.5) is 10.1 Å². The van der Waals surface area contributed by atoms with Crippen molar-refractivity contribution in [2.75, 3.05) is 31.5 Å². The molecule has 1 aliphatic heterocycles. The molecule has 2 aliphatic rings. The van der Waals surface area contributed by atoms with Crippen molar-refractivity contribution in [3.05, 3.63) is 63.9 Å². The monoisotopic (exact) mass is 538 g/mol. The van der Waals surface area contributed by atoms with Gasteiger partial charge in [0.2, 0.25) is 5.91 Å². The van der Waals surface area contributed by atoms with Gasteiger partial charge < -0.3 is 25.3 Å². The maximum absolute atomic E-state index is 14.5. The summed E-state index contributed by atoms with van der Waals surface area (Å²) in [5, 5.41) is 9.57. The molecule has 38 heavy (non-hydrogen) atoms. The topological polar surface area (TPSA) is 107 Å². The van der Waals surface area contributed by atoms with Gasteiger partial charge in [-0.15, -0.1) is 0 Å². The average molecular weight is 539 g/mol. The fourth-order valence-corrected chi connectivity index (χ4v) is 6.08. The lowest BCUT2D eigenvalue weighted by atomic mass is 9.62. The average Bonchev–Trinajstić information content (AvgIpc) is 3.19. The van der Waals surface area contributed by atoms with Gasteiger partial charge in [0.05, 0.1) is 33.9 Å². The van der Waals surface area contributed by atoms with Crippen molar-refractivity contribution in [1.29, 1.82) is 0 Å². The number of fused-ring (bicyclic) bond motifs is 2. The fourth-order valence-electron chi connectivity index (χ4n) is 5.83. The number of halogens is 2. The zero-order valence-electron chi connectivity index (χ0n) is 20.9. The fraction of sp³-hybridized carbons (Fsp3) is 0.370. The maximum atomic E-state index is 14.5. The quantitative estimate of drug-likeness (QED) is 0.357. The van der Waals surface area contributed by atoms with Gasteiger partial charge in [0.25, 0.3) is 5.56 Å². The molecule has 0 atom stereocenters. The van der Waals surface area contributed by atoms with E-state index in [0.717, 1.165) is 37.9 Å². The molecule has 3 heterocycles. The lowest BCUT2D eigenvalue weighted by Crippen LogP contribution is -2.65. The third-order valence-electron chi connectivity index (χ3n) is 7.67. The highest BCUT2D eigenvalue weighted by Crippen LogP contribution is 2.50. The van der Waals surface area contributed by atoms with E-state index in [-0.39, 0.29) is 29.4 Å². The summed E-state index contributed by atoms with van der Waals surface area (Å²) in [6, 6.07) is 8.51. The lowest BCUT2D eigenvalue weighted by Gasteiger charge is -2.58. The SMILES string of the molecule is Cn1ccc2c(OC3CC4(C3)CN(CCNc3cc5c(cnn5CC(N)=O)cc3F)C4)ccc(Cl)c2c1=O. The number of carbonyl (C=O) groups excluding carboxylic acids is 1. The molecule has 6 rings (SSSR count). The Balaban J connectivity index is 1.01. The number of nitrogens with two attached hydrogens (primary N) is 1. The van der Waals surface area contributed by atoms with Crippen molar-refractivity contribution in [2.45, 2.75) is 25.5 Å². The number of aromatic nitrogens is 3. The number of primary amides is 1. The zero-order valence-corrected chi connectivity index (χ0v) is 21.7. The first-order valence-electron chi connectivity index (χ1n) is 12.6. The molecule has 9 nitrogen and oxygen atoms in total. The van der Waals surface area contributed by atoms with Gasteiger partial charge in [0.15, 0.2) is 0 Å². The molecule has 198 valence electrons. The van der Waals surface area contributed by atoms with Crippen LogP contribution in [0.1, 0.15) is 12.8 Å². The first kappa shape index (κ1) is 24.7. The summed E-state index contributed by atoms with van der Waals surface area (Å²) in [6.45, 7) is 3.28. The minimum Gasteiger partial charge on any atom is -0.490 e. The first-order chi connectivity index (χ1) is 18.2. The van der Waals surface area contributed by atoms with Crippen LogP contribution < -0.4 is 21.3 Å². The molecule has 1 aliphatic carbocycles. The van der Waals surface area contributed by atoms with Gasteiger partial charge in [0, 0.05) is 55.6 Å². The van der Waals surface area contributed by atoms with Crippen molar-refractivity contribution in [2.24, 2.45) is 18.2 Å². The highest BCUT2D eigenvalue weighted by Gasteiger charge is 2.53. The number of ether oxygens (including phenoxy) is 1. The predicted molar refractivity (Wildman–Crippen MR) is 144 cm³/mol. The predicted octanol–water partition coefficient (Wildman–Crippen LogP) is 3.12. The van der Waals surface area contributed by atoms with Crippen LogP contribution in [0.2, 0.25) is 5.02 Å². The molecule has 0 radical (unpaired) electrons. The number of nitrogens with one attached hydrogen (secondary N) is 1. The summed E-state index contributed by atoms with van der Waals surface area (Å²) < 4.78 is 23.8. The molecule has 1 amide bonds. The molecule has 0 bridgehead atoms. The number of aryl methyl sites for hydroxylation is 1. The van der Waals surface area contributed by atoms with Crippen molar-refractivity contribution in [3.63, 3.8) is 0 Å². The van der Waals surface area contributed by atoms with Crippen LogP contribution in [0.15, 0.2) is 47.5 Å². The molecule has 4 aromatic rings. The largest absolute Gasteiger partial charge is 0.490 e. The van der Waals surface area contributed by atoms with Gasteiger partial charge >= 0.3 is 0 Å². The van der Waals surface area contributed by atoms with Crippen LogP contribution >= 0.6 is 11.6 Å². The molecular weight excluding hydrogens is 511 g/mol. The highest BCUT2D eigenvalue weighted by atomic mass is 35.5. The zero-order chi connectivity index (χ0) is 26.6. The summed E-state index contributed by atoms with van der Waals surface area (Å²) in [6.07, 6.45) is 5.28. The van der Waals surface area contributed by atoms with Crippen molar-refractivity contribution in [1.82, 2.24) is 19.2 Å². The van der Waals surface area contributed by atoms with Crippen LogP contribution in [0.3, 0.4) is 0 Å². The molecule has 3 N–H and O–H groups in total. The number of hydrogen-bond acceptors (Lipinski definition) is 6. The van der Waals surface area contributed by atoms with Gasteiger partial charge in [-0.1, -0.05) is 11.6 Å². The Morgan fingerprint density at radius 3 is 2.84 bits per heavy atom. The Morgan fingerprint density at radius 2 is 2.08 bits per heavy atom. The van der Waals surface area contributed by atoms with E-state index in [4.69, 9.17) is 22.1 Å². The van der Waals surface area contributed by atoms with Crippen LogP contribution in [0.5, 0.6) is 5.75 Å². The van der Waals surface area contributed by atoms with E-state index >= 15 is 0 Å². The van der Waals surface area contributed by atoms with E-state index in [0.29, 0.717) is 39.3 Å². The molecular formula is C27H28ClFN6O3. The third kappa shape index (κ3) is 4.37. The van der Waals surface area contributed by atoms with E-state index in [1.165, 1.54) is 21.5 Å². The smallest absolute Gasteiger partial charge is 0.259 e. The standard InChI is InChI=1S/C27H28ClFN6O3/c1-33-6-4-18-23(3-2-19(28)25(18)26(33)37)38-17-10-27(11-17)14-34(15-27)7-5-31-21-9-22-16(8-20(21)29)12-32-35(22)13-24(30)36/h2-4,6,8-9,12,17,31H,5,7,10-11,13-15H2,1H3,(H2,30,36). The van der Waals surface area contributed by atoms with Gasteiger partial charge in [0.1, 0.15) is 18.1 Å². The second-order valence-electron chi connectivity index (χ2n) is 10.5. The Kier molecular flexibility index (Phi) is 6.03. The lowest BCUT2D eigenvalue weighted by molar-refractivity contribution is -0.118. The maximum Gasteiger partial charge on any atom is 0.259 e. The van der Waals surface area contributed by atoms with E-state index in [1.807, 2.05) is 12.1 Å². The highest BCUT2D eigenvalue weighted by molar-refractivity contribution is 6.35. The number of nitrogens with zero attached hydrogens (tertiary/aromatic N) is 4. The normalized spacial score (nSPS) is 17.0. The molecule has 1 spiro atoms. The van der Waals surface area contributed by atoms with Crippen molar-refractivity contribution < 1.29 is 13.9 Å². The van der Waals surface area contributed by atoms with E-state index in [9.17, 15) is 14.0 Å². The molecule has 2 fully saturated rings. The third-order valence-corrected chi connectivity index (χ3v) is 7.98. The Bertz CT molecular complexity index is 1620. The number of pyridine rings is 1. The van der Waals surface area contributed by atoms with Crippen molar-refractivity contribution in [3.8, 4) is 5.75 Å². The minimum atomic E-state index is -0.503. The number of benzene rings is 2. The molecule has 2 aromatic heterocycles. The Morgan fingerprint density at radius 1 is 1.29 bits per heavy atom. The summed E-state index contributed by atoms with van der Waals surface area (Å²) in [5.41, 5.74) is 6.44. The number of amides is 1. The van der Waals surface area contributed by atoms with Gasteiger partial charge in [-0.25, -0.2) is 4.39 Å². The summed E-state index contributed by atoms with van der Waals surface area (Å²) in [5.74, 6) is -0.169. The number of carbonyl (C=O) groups is 1. The number of anilines is 1. The molecule has 11 heteroatoms. The number of likely N-dealkylation sites (tertiary alicyclic amines) is 1. The first-order valence-corrected chi connectivity index (χ1v) is 12.9. The van der Waals surface area contributed by atoms with Crippen LogP contribution in [0, 0.1) is 11.2 Å². The summed E-state index contributed by atoms with van der Waals surface area (Å²) in [7, 11) is 1.70. The van der Waals surface area contributed by atoms with Crippen LogP contribution in [-0.2, 0) is 18.4 Å². The second kappa shape index (κ2) is 9.28. The van der Waals surface area contributed by atoms with Gasteiger partial charge in [-0.2, -0.15) is 5.10 Å². The Hall–Kier alpha value is -3.63. The van der Waals surface area contributed by atoms with Crippen LogP contribution in [0.25, 0.3) is 21.7 Å². The van der Waals surface area contributed by atoms with E-state index in [1.54, 1.807) is 25.4 Å². The molecule has 1 saturated carbocycles. The van der Waals surface area contributed by atoms with Gasteiger partial charge in [-0.05, 0) is 43.2 Å². The van der Waals surface area contributed by atoms with E-state index in [2.05, 4.69) is 15.3 Å². The number of hydrogen-bond donors (Lipinski definition) is 2. The Labute approximate surface area is 222 Å². The minimum absolute atomic E-state index is 0.0538. The summed E-state index contributed by atoms with van der Waals surface area (Å²) in [4.78, 5) is 26.1. The molecule has 0 unspecified atom stereocenters. The van der Waals surface area contributed by atoms with Gasteiger partial charge in [-0.3, -0.25) is 14.3 Å². The second-order valence-corrected chi connectivity index (χ2v) is 10.9. The summed E-state index contributed by atoms with van der Waals surface area (Å²) >= 11 is 6.30. The molecule has 2 aromatic carbocycles. The van der Waals surface area contributed by atoms with E-state index < -0.39 is 5.91 Å². The number of rotatable bonds is 8. The van der Waals surface area contributed by atoms with Crippen LogP contribution in [-0.4, -0.2) is 57.4 Å². The van der Waals surface area contributed by atoms with Crippen molar-refractivity contribution >= 4 is 44.9 Å². The molecule has 1 saturated heterocycles.